The van der Waals surface area contributed by atoms with Gasteiger partial charge in [-0.2, -0.15) is 0 Å². The fourth-order valence-electron chi connectivity index (χ4n) is 2.89. The first kappa shape index (κ1) is 26.8. The maximum Gasteiger partial charge on any atom is 0.266 e. The zero-order valence-electron chi connectivity index (χ0n) is 19.0. The number of sulfone groups is 1. The summed E-state index contributed by atoms with van der Waals surface area (Å²) in [4.78, 5) is 21.4. The molecule has 1 heterocycles. The summed E-state index contributed by atoms with van der Waals surface area (Å²) in [5.41, 5.74) is 0.646. The van der Waals surface area contributed by atoms with E-state index in [1.165, 1.54) is 23.7 Å². The SMILES string of the molecule is CCOc1ccc(OCC(=O)N(CCN(C)C)c2nc3ccc(S(C)(=O)=O)cc3s2)cc1.Cl. The van der Waals surface area contributed by atoms with Crippen molar-refractivity contribution in [1.82, 2.24) is 9.88 Å². The smallest absolute Gasteiger partial charge is 0.266 e. The topological polar surface area (TPSA) is 89.0 Å². The molecule has 180 valence electrons. The molecule has 0 radical (unpaired) electrons. The monoisotopic (exact) mass is 513 g/mol. The number of hydrogen-bond donors (Lipinski definition) is 0. The number of likely N-dealkylation sites (N-methyl/N-ethyl adjacent to an activating group) is 1. The van der Waals surface area contributed by atoms with Crippen LogP contribution in [-0.2, 0) is 14.6 Å². The summed E-state index contributed by atoms with van der Waals surface area (Å²) in [5.74, 6) is 1.07. The van der Waals surface area contributed by atoms with E-state index in [9.17, 15) is 13.2 Å². The molecule has 0 fully saturated rings. The van der Waals surface area contributed by atoms with E-state index in [-0.39, 0.29) is 29.8 Å². The molecule has 3 aromatic rings. The minimum atomic E-state index is -3.33. The molecule has 0 bridgehead atoms. The van der Waals surface area contributed by atoms with Gasteiger partial charge in [-0.15, -0.1) is 12.4 Å². The van der Waals surface area contributed by atoms with Gasteiger partial charge in [0.15, 0.2) is 21.6 Å². The summed E-state index contributed by atoms with van der Waals surface area (Å²) in [6.07, 6.45) is 1.17. The van der Waals surface area contributed by atoms with E-state index < -0.39 is 9.84 Å². The second kappa shape index (κ2) is 11.6. The molecule has 1 amide bonds. The Balaban J connectivity index is 0.00000385. The van der Waals surface area contributed by atoms with Crippen LogP contribution in [0.2, 0.25) is 0 Å². The van der Waals surface area contributed by atoms with E-state index in [4.69, 9.17) is 9.47 Å². The highest BCUT2D eigenvalue weighted by atomic mass is 35.5. The molecule has 8 nitrogen and oxygen atoms in total. The number of hydrogen-bond acceptors (Lipinski definition) is 8. The molecule has 0 saturated carbocycles. The van der Waals surface area contributed by atoms with E-state index in [1.54, 1.807) is 41.3 Å². The molecule has 0 spiro atoms. The first-order valence-corrected chi connectivity index (χ1v) is 12.8. The van der Waals surface area contributed by atoms with Gasteiger partial charge in [-0.05, 0) is 63.5 Å². The van der Waals surface area contributed by atoms with Crippen LogP contribution >= 0.6 is 23.7 Å². The third-order valence-electron chi connectivity index (χ3n) is 4.58. The second-order valence-electron chi connectivity index (χ2n) is 7.44. The third-order valence-corrected chi connectivity index (χ3v) is 6.73. The average Bonchev–Trinajstić information content (AvgIpc) is 3.15. The number of anilines is 1. The van der Waals surface area contributed by atoms with Crippen molar-refractivity contribution in [3.8, 4) is 11.5 Å². The van der Waals surface area contributed by atoms with Crippen LogP contribution in [-0.4, -0.2) is 70.9 Å². The first-order chi connectivity index (χ1) is 15.2. The molecule has 0 unspecified atom stereocenters. The van der Waals surface area contributed by atoms with Crippen LogP contribution in [0.1, 0.15) is 6.92 Å². The summed E-state index contributed by atoms with van der Waals surface area (Å²) in [6, 6.07) is 11.9. The Bertz CT molecular complexity index is 1180. The predicted octanol–water partition coefficient (Wildman–Crippen LogP) is 3.49. The highest BCUT2D eigenvalue weighted by Gasteiger charge is 2.21. The van der Waals surface area contributed by atoms with Crippen LogP contribution < -0.4 is 14.4 Å². The van der Waals surface area contributed by atoms with Crippen LogP contribution in [0, 0.1) is 0 Å². The molecule has 0 N–H and O–H groups in total. The third kappa shape index (κ3) is 7.29. The quantitative estimate of drug-likeness (QED) is 0.410. The Hall–Kier alpha value is -2.40. The number of rotatable bonds is 10. The Morgan fingerprint density at radius 1 is 1.03 bits per heavy atom. The van der Waals surface area contributed by atoms with E-state index >= 15 is 0 Å². The number of benzene rings is 2. The number of thiazole rings is 1. The number of aromatic nitrogens is 1. The number of ether oxygens (including phenoxy) is 2. The number of fused-ring (bicyclic) bond motifs is 1. The highest BCUT2D eigenvalue weighted by Crippen LogP contribution is 2.31. The molecule has 3 rings (SSSR count). The minimum absolute atomic E-state index is 0. The van der Waals surface area contributed by atoms with Crippen molar-refractivity contribution >= 4 is 54.8 Å². The van der Waals surface area contributed by atoms with Gasteiger partial charge < -0.3 is 14.4 Å². The van der Waals surface area contributed by atoms with Crippen molar-refractivity contribution < 1.29 is 22.7 Å². The number of carbonyl (C=O) groups is 1. The Labute approximate surface area is 204 Å². The lowest BCUT2D eigenvalue weighted by Crippen LogP contribution is -2.39. The van der Waals surface area contributed by atoms with E-state index in [0.29, 0.717) is 40.8 Å². The second-order valence-corrected chi connectivity index (χ2v) is 10.5. The molecule has 0 aliphatic heterocycles. The van der Waals surface area contributed by atoms with Crippen molar-refractivity contribution in [1.29, 1.82) is 0 Å². The van der Waals surface area contributed by atoms with Gasteiger partial charge in [0.05, 0.1) is 21.7 Å². The lowest BCUT2D eigenvalue weighted by molar-refractivity contribution is -0.120. The van der Waals surface area contributed by atoms with E-state index in [1.807, 2.05) is 25.9 Å². The highest BCUT2D eigenvalue weighted by molar-refractivity contribution is 7.90. The molecule has 0 saturated heterocycles. The van der Waals surface area contributed by atoms with Gasteiger partial charge in [0.2, 0.25) is 0 Å². The van der Waals surface area contributed by atoms with Crippen molar-refractivity contribution in [3.63, 3.8) is 0 Å². The molecule has 0 atom stereocenters. The van der Waals surface area contributed by atoms with Gasteiger partial charge in [-0.3, -0.25) is 9.69 Å². The number of amides is 1. The zero-order chi connectivity index (χ0) is 23.3. The fraction of sp³-hybridized carbons (Fsp3) is 0.364. The summed E-state index contributed by atoms with van der Waals surface area (Å²) < 4.78 is 35.5. The lowest BCUT2D eigenvalue weighted by Gasteiger charge is -2.22. The van der Waals surface area contributed by atoms with Crippen LogP contribution in [0.3, 0.4) is 0 Å². The maximum absolute atomic E-state index is 13.0. The van der Waals surface area contributed by atoms with Crippen molar-refractivity contribution in [2.75, 3.05) is 51.6 Å². The van der Waals surface area contributed by atoms with Crippen LogP contribution in [0.5, 0.6) is 11.5 Å². The molecule has 11 heteroatoms. The van der Waals surface area contributed by atoms with Crippen LogP contribution in [0.15, 0.2) is 47.4 Å². The van der Waals surface area contributed by atoms with E-state index in [2.05, 4.69) is 4.98 Å². The summed E-state index contributed by atoms with van der Waals surface area (Å²) in [5, 5.41) is 0.507. The Kier molecular flexibility index (Phi) is 9.47. The molecular weight excluding hydrogens is 486 g/mol. The molecule has 33 heavy (non-hydrogen) atoms. The van der Waals surface area contributed by atoms with Gasteiger partial charge in [0.25, 0.3) is 5.91 Å². The van der Waals surface area contributed by atoms with E-state index in [0.717, 1.165) is 5.75 Å². The minimum Gasteiger partial charge on any atom is -0.494 e. The van der Waals surface area contributed by atoms with Crippen molar-refractivity contribution in [3.05, 3.63) is 42.5 Å². The van der Waals surface area contributed by atoms with Crippen molar-refractivity contribution in [2.24, 2.45) is 0 Å². The molecule has 0 aliphatic rings. The van der Waals surface area contributed by atoms with Gasteiger partial charge in [0, 0.05) is 19.3 Å². The fourth-order valence-corrected chi connectivity index (χ4v) is 4.66. The van der Waals surface area contributed by atoms with Gasteiger partial charge >= 0.3 is 0 Å². The molecule has 1 aromatic heterocycles. The normalized spacial score (nSPS) is 11.3. The summed E-state index contributed by atoms with van der Waals surface area (Å²) in [7, 11) is 0.526. The van der Waals surface area contributed by atoms with Crippen LogP contribution in [0.4, 0.5) is 5.13 Å². The Morgan fingerprint density at radius 3 is 2.24 bits per heavy atom. The largest absolute Gasteiger partial charge is 0.494 e. The first-order valence-electron chi connectivity index (χ1n) is 10.1. The predicted molar refractivity (Wildman–Crippen MR) is 134 cm³/mol. The standard InChI is InChI=1S/C22H27N3O5S2.ClH/c1-5-29-16-6-8-17(9-7-16)30-15-21(26)25(13-12-24(2)3)22-23-19-11-10-18(32(4,27)28)14-20(19)31-22;/h6-11,14H,5,12-13,15H2,1-4H3;1H. The van der Waals surface area contributed by atoms with Gasteiger partial charge in [0.1, 0.15) is 11.5 Å². The number of carbonyl (C=O) groups excluding carboxylic acids is 1. The average molecular weight is 514 g/mol. The zero-order valence-corrected chi connectivity index (χ0v) is 21.4. The van der Waals surface area contributed by atoms with Crippen molar-refractivity contribution in [2.45, 2.75) is 11.8 Å². The molecule has 0 aliphatic carbocycles. The van der Waals surface area contributed by atoms with Gasteiger partial charge in [-0.25, -0.2) is 13.4 Å². The maximum atomic E-state index is 13.0. The molecular formula is C22H28ClN3O5S2. The number of nitrogens with zero attached hydrogens (tertiary/aromatic N) is 3. The lowest BCUT2D eigenvalue weighted by atomic mass is 10.3. The van der Waals surface area contributed by atoms with Crippen LogP contribution in [0.25, 0.3) is 10.2 Å². The number of halogens is 1. The summed E-state index contributed by atoms with van der Waals surface area (Å²) >= 11 is 1.28. The Morgan fingerprint density at radius 2 is 1.67 bits per heavy atom. The van der Waals surface area contributed by atoms with Gasteiger partial charge in [-0.1, -0.05) is 11.3 Å². The molecule has 2 aromatic carbocycles. The summed E-state index contributed by atoms with van der Waals surface area (Å²) in [6.45, 7) is 3.41.